The molecule has 3 rings (SSSR count). The van der Waals surface area contributed by atoms with Gasteiger partial charge >= 0.3 is 6.09 Å². The minimum Gasteiger partial charge on any atom is -0.444 e. The second kappa shape index (κ2) is 6.01. The molecule has 0 bridgehead atoms. The van der Waals surface area contributed by atoms with Crippen LogP contribution >= 0.6 is 0 Å². The molecule has 1 aliphatic rings. The molecule has 6 heteroatoms. The summed E-state index contributed by atoms with van der Waals surface area (Å²) in [5.41, 5.74) is 2.50. The molecule has 22 heavy (non-hydrogen) atoms. The maximum absolute atomic E-state index is 12.3. The van der Waals surface area contributed by atoms with Crippen LogP contribution in [0.3, 0.4) is 0 Å². The summed E-state index contributed by atoms with van der Waals surface area (Å²) in [5.74, 6) is 0. The Kier molecular flexibility index (Phi) is 3.91. The number of H-pyrrole nitrogens is 1. The number of aryl methyl sites for hydroxylation is 1. The van der Waals surface area contributed by atoms with Gasteiger partial charge in [-0.3, -0.25) is 9.69 Å². The van der Waals surface area contributed by atoms with E-state index in [2.05, 4.69) is 10.2 Å². The van der Waals surface area contributed by atoms with Crippen LogP contribution in [0.2, 0.25) is 0 Å². The fraction of sp³-hybridized carbons (Fsp3) is 0.312. The number of rotatable bonds is 2. The van der Waals surface area contributed by atoms with Gasteiger partial charge in [-0.1, -0.05) is 30.3 Å². The van der Waals surface area contributed by atoms with Gasteiger partial charge in [-0.2, -0.15) is 5.10 Å². The Morgan fingerprint density at radius 1 is 1.36 bits per heavy atom. The topological polar surface area (TPSA) is 75.3 Å². The molecule has 1 aromatic carbocycles. The SMILES string of the molecule is Cc1n[nH]c(=O)c2c1CCCN2C(=O)OCc1ccccc1. The molecule has 114 valence electrons. The highest BCUT2D eigenvalue weighted by molar-refractivity contribution is 5.89. The molecular weight excluding hydrogens is 282 g/mol. The Balaban J connectivity index is 1.81. The average Bonchev–Trinajstić information content (AvgIpc) is 2.56. The number of anilines is 1. The molecule has 1 amide bonds. The summed E-state index contributed by atoms with van der Waals surface area (Å²) < 4.78 is 5.33. The Hall–Kier alpha value is -2.63. The van der Waals surface area contributed by atoms with Crippen molar-refractivity contribution in [2.45, 2.75) is 26.4 Å². The molecule has 0 aliphatic carbocycles. The molecule has 6 nitrogen and oxygen atoms in total. The van der Waals surface area contributed by atoms with Crippen LogP contribution in [0, 0.1) is 6.92 Å². The Labute approximate surface area is 127 Å². The third-order valence-electron chi connectivity index (χ3n) is 3.77. The summed E-state index contributed by atoms with van der Waals surface area (Å²) >= 11 is 0. The lowest BCUT2D eigenvalue weighted by atomic mass is 10.0. The van der Waals surface area contributed by atoms with Crippen LogP contribution in [0.1, 0.15) is 23.2 Å². The zero-order valence-electron chi connectivity index (χ0n) is 12.3. The summed E-state index contributed by atoms with van der Waals surface area (Å²) in [6.07, 6.45) is 1.04. The van der Waals surface area contributed by atoms with Gasteiger partial charge in [-0.25, -0.2) is 9.89 Å². The van der Waals surface area contributed by atoms with E-state index in [0.717, 1.165) is 29.7 Å². The number of nitrogens with zero attached hydrogens (tertiary/aromatic N) is 2. The number of aromatic nitrogens is 2. The van der Waals surface area contributed by atoms with Gasteiger partial charge in [0.05, 0.1) is 5.69 Å². The van der Waals surface area contributed by atoms with Crippen molar-refractivity contribution in [3.8, 4) is 0 Å². The first-order chi connectivity index (χ1) is 10.7. The number of carbonyl (C=O) groups is 1. The Bertz CT molecular complexity index is 740. The molecule has 1 aliphatic heterocycles. The number of carbonyl (C=O) groups excluding carboxylic acids is 1. The number of hydrogen-bond donors (Lipinski definition) is 1. The van der Waals surface area contributed by atoms with Gasteiger partial charge in [-0.05, 0) is 25.3 Å². The first kappa shape index (κ1) is 14.3. The van der Waals surface area contributed by atoms with Crippen LogP contribution in [0.4, 0.5) is 10.5 Å². The monoisotopic (exact) mass is 299 g/mol. The molecular formula is C16H17N3O3. The fourth-order valence-electron chi connectivity index (χ4n) is 2.65. The van der Waals surface area contributed by atoms with Gasteiger partial charge in [0.15, 0.2) is 0 Å². The minimum atomic E-state index is -0.499. The van der Waals surface area contributed by atoms with Crippen LogP contribution in [-0.2, 0) is 17.8 Å². The average molecular weight is 299 g/mol. The molecule has 2 heterocycles. The summed E-state index contributed by atoms with van der Waals surface area (Å²) in [6, 6.07) is 9.45. The maximum Gasteiger partial charge on any atom is 0.414 e. The van der Waals surface area contributed by atoms with Crippen molar-refractivity contribution in [1.82, 2.24) is 10.2 Å². The third kappa shape index (κ3) is 2.72. The van der Waals surface area contributed by atoms with Gasteiger partial charge < -0.3 is 4.74 Å². The summed E-state index contributed by atoms with van der Waals surface area (Å²) in [4.78, 5) is 25.8. The zero-order valence-corrected chi connectivity index (χ0v) is 12.3. The third-order valence-corrected chi connectivity index (χ3v) is 3.77. The van der Waals surface area contributed by atoms with Gasteiger partial charge in [0, 0.05) is 12.1 Å². The molecule has 1 N–H and O–H groups in total. The predicted octanol–water partition coefficient (Wildman–Crippen LogP) is 2.17. The van der Waals surface area contributed by atoms with E-state index in [1.807, 2.05) is 37.3 Å². The van der Waals surface area contributed by atoms with E-state index in [-0.39, 0.29) is 12.2 Å². The molecule has 0 saturated carbocycles. The van der Waals surface area contributed by atoms with Crippen molar-refractivity contribution < 1.29 is 9.53 Å². The van der Waals surface area contributed by atoms with Gasteiger partial charge in [0.1, 0.15) is 12.3 Å². The highest BCUT2D eigenvalue weighted by atomic mass is 16.6. The number of benzene rings is 1. The van der Waals surface area contributed by atoms with Crippen molar-refractivity contribution in [1.29, 1.82) is 0 Å². The summed E-state index contributed by atoms with van der Waals surface area (Å²) in [5, 5.41) is 6.39. The van der Waals surface area contributed by atoms with E-state index in [0.29, 0.717) is 12.2 Å². The predicted molar refractivity (Wildman–Crippen MR) is 81.9 cm³/mol. The summed E-state index contributed by atoms with van der Waals surface area (Å²) in [6.45, 7) is 2.49. The van der Waals surface area contributed by atoms with Crippen molar-refractivity contribution in [3.05, 3.63) is 57.5 Å². The van der Waals surface area contributed by atoms with E-state index in [9.17, 15) is 9.59 Å². The smallest absolute Gasteiger partial charge is 0.414 e. The molecule has 1 aromatic heterocycles. The first-order valence-corrected chi connectivity index (χ1v) is 7.23. The second-order valence-corrected chi connectivity index (χ2v) is 5.26. The molecule has 0 saturated heterocycles. The Morgan fingerprint density at radius 2 is 2.14 bits per heavy atom. The van der Waals surface area contributed by atoms with Gasteiger partial charge in [-0.15, -0.1) is 0 Å². The Morgan fingerprint density at radius 3 is 2.91 bits per heavy atom. The van der Waals surface area contributed by atoms with E-state index in [1.54, 1.807) is 0 Å². The standard InChI is InChI=1S/C16H17N3O3/c1-11-13-8-5-9-19(14(13)15(20)18-17-11)16(21)22-10-12-6-3-2-4-7-12/h2-4,6-7H,5,8-10H2,1H3,(H,18,20). The number of fused-ring (bicyclic) bond motifs is 1. The van der Waals surface area contributed by atoms with E-state index < -0.39 is 6.09 Å². The zero-order chi connectivity index (χ0) is 15.5. The maximum atomic E-state index is 12.3. The normalized spacial score (nSPS) is 13.6. The highest BCUT2D eigenvalue weighted by Crippen LogP contribution is 2.25. The second-order valence-electron chi connectivity index (χ2n) is 5.26. The number of aromatic amines is 1. The van der Waals surface area contributed by atoms with Gasteiger partial charge in [0.25, 0.3) is 5.56 Å². The van der Waals surface area contributed by atoms with Crippen LogP contribution in [-0.4, -0.2) is 22.8 Å². The number of nitrogens with one attached hydrogen (secondary N) is 1. The van der Waals surface area contributed by atoms with E-state index in [4.69, 9.17) is 4.74 Å². The fourth-order valence-corrected chi connectivity index (χ4v) is 2.65. The number of hydrogen-bond acceptors (Lipinski definition) is 4. The van der Waals surface area contributed by atoms with Crippen molar-refractivity contribution in [3.63, 3.8) is 0 Å². The van der Waals surface area contributed by atoms with Crippen molar-refractivity contribution >= 4 is 11.8 Å². The van der Waals surface area contributed by atoms with Crippen LogP contribution in [0.15, 0.2) is 35.1 Å². The molecule has 0 fully saturated rings. The van der Waals surface area contributed by atoms with Crippen molar-refractivity contribution in [2.75, 3.05) is 11.4 Å². The van der Waals surface area contributed by atoms with Crippen molar-refractivity contribution in [2.24, 2.45) is 0 Å². The molecule has 0 spiro atoms. The highest BCUT2D eigenvalue weighted by Gasteiger charge is 2.28. The number of amides is 1. The lowest BCUT2D eigenvalue weighted by molar-refractivity contribution is 0.146. The van der Waals surface area contributed by atoms with Gasteiger partial charge in [0.2, 0.25) is 0 Å². The molecule has 0 unspecified atom stereocenters. The van der Waals surface area contributed by atoms with Crippen LogP contribution in [0.5, 0.6) is 0 Å². The number of ether oxygens (including phenoxy) is 1. The lowest BCUT2D eigenvalue weighted by Gasteiger charge is -2.28. The van der Waals surface area contributed by atoms with Crippen LogP contribution in [0.25, 0.3) is 0 Å². The minimum absolute atomic E-state index is 0.188. The molecule has 2 aromatic rings. The molecule has 0 radical (unpaired) electrons. The summed E-state index contributed by atoms with van der Waals surface area (Å²) in [7, 11) is 0. The first-order valence-electron chi connectivity index (χ1n) is 7.23. The molecule has 0 atom stereocenters. The largest absolute Gasteiger partial charge is 0.444 e. The quantitative estimate of drug-likeness (QED) is 0.922. The van der Waals surface area contributed by atoms with Crippen LogP contribution < -0.4 is 10.5 Å². The van der Waals surface area contributed by atoms with E-state index in [1.165, 1.54) is 4.90 Å². The van der Waals surface area contributed by atoms with E-state index >= 15 is 0 Å². The lowest BCUT2D eigenvalue weighted by Crippen LogP contribution is -2.40.